The second-order valence-electron chi connectivity index (χ2n) is 4.06. The van der Waals surface area contributed by atoms with Crippen LogP contribution in [-0.2, 0) is 0 Å². The molecular formula is C11H17N3O. The Morgan fingerprint density at radius 2 is 2.20 bits per heavy atom. The van der Waals surface area contributed by atoms with E-state index in [9.17, 15) is 4.79 Å². The minimum atomic E-state index is -0.0660. The van der Waals surface area contributed by atoms with E-state index in [1.165, 1.54) is 6.20 Å². The molecule has 0 aliphatic carbocycles. The van der Waals surface area contributed by atoms with Gasteiger partial charge in [-0.2, -0.15) is 0 Å². The summed E-state index contributed by atoms with van der Waals surface area (Å²) in [5, 5.41) is 0. The number of aromatic nitrogens is 1. The van der Waals surface area contributed by atoms with E-state index in [1.807, 2.05) is 0 Å². The number of nitrogens with two attached hydrogens (primary N) is 1. The molecule has 0 spiro atoms. The van der Waals surface area contributed by atoms with Crippen LogP contribution in [0.5, 0.6) is 0 Å². The van der Waals surface area contributed by atoms with Crippen LogP contribution in [0.2, 0.25) is 0 Å². The number of hydrogen-bond donors (Lipinski definition) is 1. The highest BCUT2D eigenvalue weighted by atomic mass is 16.2. The van der Waals surface area contributed by atoms with Crippen LogP contribution < -0.4 is 5.73 Å². The monoisotopic (exact) mass is 207 g/mol. The summed E-state index contributed by atoms with van der Waals surface area (Å²) >= 11 is 0. The number of nitrogen functional groups attached to an aromatic ring is 1. The summed E-state index contributed by atoms with van der Waals surface area (Å²) in [7, 11) is 1.78. The third kappa shape index (κ3) is 3.23. The molecule has 0 unspecified atom stereocenters. The fourth-order valence-corrected chi connectivity index (χ4v) is 1.36. The third-order valence-electron chi connectivity index (χ3n) is 1.99. The van der Waals surface area contributed by atoms with Crippen LogP contribution in [0.25, 0.3) is 0 Å². The zero-order valence-corrected chi connectivity index (χ0v) is 9.40. The van der Waals surface area contributed by atoms with E-state index < -0.39 is 0 Å². The molecule has 0 radical (unpaired) electrons. The molecule has 1 heterocycles. The smallest absolute Gasteiger partial charge is 0.272 e. The van der Waals surface area contributed by atoms with Crippen LogP contribution in [0.1, 0.15) is 24.3 Å². The molecule has 1 amide bonds. The van der Waals surface area contributed by atoms with E-state index in [0.717, 1.165) is 6.54 Å². The fourth-order valence-electron chi connectivity index (χ4n) is 1.36. The number of rotatable bonds is 3. The van der Waals surface area contributed by atoms with Crippen LogP contribution in [0.4, 0.5) is 5.69 Å². The lowest BCUT2D eigenvalue weighted by molar-refractivity contribution is 0.0773. The van der Waals surface area contributed by atoms with Gasteiger partial charge in [0, 0.05) is 13.6 Å². The van der Waals surface area contributed by atoms with Crippen molar-refractivity contribution >= 4 is 11.6 Å². The van der Waals surface area contributed by atoms with Gasteiger partial charge in [0.25, 0.3) is 5.91 Å². The van der Waals surface area contributed by atoms with Crippen molar-refractivity contribution in [2.75, 3.05) is 19.3 Å². The second-order valence-corrected chi connectivity index (χ2v) is 4.06. The Labute approximate surface area is 90.1 Å². The molecule has 82 valence electrons. The summed E-state index contributed by atoms with van der Waals surface area (Å²) in [6, 6.07) is 3.33. The first kappa shape index (κ1) is 11.5. The zero-order chi connectivity index (χ0) is 11.4. The lowest BCUT2D eigenvalue weighted by Gasteiger charge is -2.18. The average molecular weight is 207 g/mol. The first-order chi connectivity index (χ1) is 7.00. The predicted molar refractivity (Wildman–Crippen MR) is 60.4 cm³/mol. The molecule has 0 atom stereocenters. The Bertz CT molecular complexity index is 332. The summed E-state index contributed by atoms with van der Waals surface area (Å²) in [6.45, 7) is 4.87. The Kier molecular flexibility index (Phi) is 3.66. The van der Waals surface area contributed by atoms with Gasteiger partial charge >= 0.3 is 0 Å². The van der Waals surface area contributed by atoms with Gasteiger partial charge in [-0.3, -0.25) is 4.79 Å². The highest BCUT2D eigenvalue weighted by Gasteiger charge is 2.13. The van der Waals surface area contributed by atoms with E-state index in [1.54, 1.807) is 24.1 Å². The van der Waals surface area contributed by atoms with Crippen molar-refractivity contribution in [1.29, 1.82) is 0 Å². The van der Waals surface area contributed by atoms with Crippen molar-refractivity contribution in [2.24, 2.45) is 5.92 Å². The van der Waals surface area contributed by atoms with Crippen molar-refractivity contribution < 1.29 is 4.79 Å². The van der Waals surface area contributed by atoms with Gasteiger partial charge < -0.3 is 10.6 Å². The largest absolute Gasteiger partial charge is 0.397 e. The molecule has 0 saturated carbocycles. The molecule has 0 aromatic carbocycles. The van der Waals surface area contributed by atoms with Gasteiger partial charge in [0.1, 0.15) is 5.69 Å². The highest BCUT2D eigenvalue weighted by molar-refractivity contribution is 5.92. The average Bonchev–Trinajstić information content (AvgIpc) is 2.17. The van der Waals surface area contributed by atoms with Gasteiger partial charge in [0.05, 0.1) is 11.9 Å². The molecule has 0 fully saturated rings. The molecule has 4 heteroatoms. The minimum absolute atomic E-state index is 0.0660. The third-order valence-corrected chi connectivity index (χ3v) is 1.99. The molecular weight excluding hydrogens is 190 g/mol. The maximum Gasteiger partial charge on any atom is 0.272 e. The topological polar surface area (TPSA) is 59.2 Å². The lowest BCUT2D eigenvalue weighted by Crippen LogP contribution is -2.30. The van der Waals surface area contributed by atoms with E-state index in [0.29, 0.717) is 17.3 Å². The zero-order valence-electron chi connectivity index (χ0n) is 9.40. The summed E-state index contributed by atoms with van der Waals surface area (Å²) in [5.41, 5.74) is 6.50. The SMILES string of the molecule is CC(C)CN(C)C(=O)c1ccc(N)cn1. The fraction of sp³-hybridized carbons (Fsp3) is 0.455. The number of anilines is 1. The van der Waals surface area contributed by atoms with Crippen molar-refractivity contribution in [2.45, 2.75) is 13.8 Å². The van der Waals surface area contributed by atoms with Crippen molar-refractivity contribution in [3.8, 4) is 0 Å². The molecule has 1 aromatic heterocycles. The molecule has 4 nitrogen and oxygen atoms in total. The maximum absolute atomic E-state index is 11.8. The Balaban J connectivity index is 2.72. The standard InChI is InChI=1S/C11H17N3O/c1-8(2)7-14(3)11(15)10-5-4-9(12)6-13-10/h4-6,8H,7,12H2,1-3H3. The molecule has 0 aliphatic heterocycles. The van der Waals surface area contributed by atoms with Crippen LogP contribution in [0.3, 0.4) is 0 Å². The van der Waals surface area contributed by atoms with Crippen LogP contribution in [0, 0.1) is 5.92 Å². The lowest BCUT2D eigenvalue weighted by atomic mass is 10.2. The summed E-state index contributed by atoms with van der Waals surface area (Å²) < 4.78 is 0. The van der Waals surface area contributed by atoms with Crippen LogP contribution >= 0.6 is 0 Å². The number of pyridine rings is 1. The van der Waals surface area contributed by atoms with E-state index >= 15 is 0 Å². The summed E-state index contributed by atoms with van der Waals surface area (Å²) in [4.78, 5) is 17.5. The van der Waals surface area contributed by atoms with Gasteiger partial charge in [-0.05, 0) is 18.1 Å². The number of nitrogens with zero attached hydrogens (tertiary/aromatic N) is 2. The molecule has 0 bridgehead atoms. The summed E-state index contributed by atoms with van der Waals surface area (Å²) in [6.07, 6.45) is 1.50. The van der Waals surface area contributed by atoms with Gasteiger partial charge in [-0.15, -0.1) is 0 Å². The van der Waals surface area contributed by atoms with Gasteiger partial charge in [0.2, 0.25) is 0 Å². The summed E-state index contributed by atoms with van der Waals surface area (Å²) in [5.74, 6) is 0.386. The van der Waals surface area contributed by atoms with Gasteiger partial charge in [-0.1, -0.05) is 13.8 Å². The first-order valence-corrected chi connectivity index (χ1v) is 4.97. The normalized spacial score (nSPS) is 10.4. The number of carbonyl (C=O) groups excluding carboxylic acids is 1. The number of amides is 1. The van der Waals surface area contributed by atoms with Gasteiger partial charge in [-0.25, -0.2) is 4.98 Å². The molecule has 0 aliphatic rings. The molecule has 2 N–H and O–H groups in total. The predicted octanol–water partition coefficient (Wildman–Crippen LogP) is 1.39. The van der Waals surface area contributed by atoms with Crippen molar-refractivity contribution in [1.82, 2.24) is 9.88 Å². The quantitative estimate of drug-likeness (QED) is 0.814. The van der Waals surface area contributed by atoms with E-state index in [-0.39, 0.29) is 5.91 Å². The Hall–Kier alpha value is -1.58. The highest BCUT2D eigenvalue weighted by Crippen LogP contribution is 2.05. The van der Waals surface area contributed by atoms with Crippen LogP contribution in [0.15, 0.2) is 18.3 Å². The van der Waals surface area contributed by atoms with Crippen molar-refractivity contribution in [3.05, 3.63) is 24.0 Å². The van der Waals surface area contributed by atoms with Crippen molar-refractivity contribution in [3.63, 3.8) is 0 Å². The van der Waals surface area contributed by atoms with Crippen LogP contribution in [-0.4, -0.2) is 29.4 Å². The molecule has 1 aromatic rings. The number of hydrogen-bond acceptors (Lipinski definition) is 3. The second kappa shape index (κ2) is 4.77. The minimum Gasteiger partial charge on any atom is -0.397 e. The Morgan fingerprint density at radius 1 is 1.53 bits per heavy atom. The van der Waals surface area contributed by atoms with E-state index in [2.05, 4.69) is 18.8 Å². The molecule has 15 heavy (non-hydrogen) atoms. The maximum atomic E-state index is 11.8. The van der Waals surface area contributed by atoms with E-state index in [4.69, 9.17) is 5.73 Å². The molecule has 0 saturated heterocycles. The van der Waals surface area contributed by atoms with Gasteiger partial charge in [0.15, 0.2) is 0 Å². The Morgan fingerprint density at radius 3 is 2.67 bits per heavy atom. The molecule has 1 rings (SSSR count). The number of carbonyl (C=O) groups is 1. The first-order valence-electron chi connectivity index (χ1n) is 4.97.